The van der Waals surface area contributed by atoms with Gasteiger partial charge in [0, 0.05) is 30.9 Å². The van der Waals surface area contributed by atoms with Crippen molar-refractivity contribution in [1.29, 1.82) is 0 Å². The molecule has 1 amide bonds. The zero-order chi connectivity index (χ0) is 18.1. The Kier molecular flexibility index (Phi) is 4.60. The van der Waals surface area contributed by atoms with E-state index in [0.29, 0.717) is 32.8 Å². The zero-order valence-electron chi connectivity index (χ0n) is 14.4. The lowest BCUT2D eigenvalue weighted by molar-refractivity contribution is -0.139. The maximum Gasteiger partial charge on any atom is 0.317 e. The van der Waals surface area contributed by atoms with Crippen LogP contribution in [0.25, 0.3) is 10.9 Å². The van der Waals surface area contributed by atoms with Crippen LogP contribution in [0.5, 0.6) is 0 Å². The minimum atomic E-state index is -0.848. The average Bonchev–Trinajstić information content (AvgIpc) is 2.79. The summed E-state index contributed by atoms with van der Waals surface area (Å²) < 4.78 is 5.68. The van der Waals surface area contributed by atoms with Gasteiger partial charge in [-0.2, -0.15) is 5.10 Å². The van der Waals surface area contributed by atoms with Crippen LogP contribution in [0.2, 0.25) is 0 Å². The number of carbonyl (C=O) groups is 2. The maximum absolute atomic E-state index is 12.9. The molecule has 0 aliphatic carbocycles. The third-order valence-electron chi connectivity index (χ3n) is 5.14. The number of nitrogens with one attached hydrogen (secondary N) is 1. The molecule has 2 fully saturated rings. The van der Waals surface area contributed by atoms with E-state index in [1.54, 1.807) is 0 Å². The molecule has 1 aromatic heterocycles. The van der Waals surface area contributed by atoms with E-state index < -0.39 is 5.97 Å². The highest BCUT2D eigenvalue weighted by Gasteiger charge is 2.35. The fourth-order valence-corrected chi connectivity index (χ4v) is 3.91. The monoisotopic (exact) mass is 358 g/mol. The van der Waals surface area contributed by atoms with Crippen LogP contribution in [0.3, 0.4) is 0 Å². The molecule has 0 radical (unpaired) electrons. The number of hydrogen-bond donors (Lipinski definition) is 2. The Bertz CT molecular complexity index is 820. The van der Waals surface area contributed by atoms with Crippen molar-refractivity contribution in [2.75, 3.05) is 39.4 Å². The number of aromatic amines is 1. The van der Waals surface area contributed by atoms with Gasteiger partial charge in [0.25, 0.3) is 0 Å². The summed E-state index contributed by atoms with van der Waals surface area (Å²) >= 11 is 0. The number of benzene rings is 1. The van der Waals surface area contributed by atoms with E-state index in [4.69, 9.17) is 9.84 Å². The number of ether oxygens (including phenoxy) is 1. The average molecular weight is 358 g/mol. The summed E-state index contributed by atoms with van der Waals surface area (Å²) in [4.78, 5) is 27.9. The second-order valence-electron chi connectivity index (χ2n) is 7.08. The van der Waals surface area contributed by atoms with Gasteiger partial charge in [0.05, 0.1) is 43.4 Å². The molecule has 8 heteroatoms. The van der Waals surface area contributed by atoms with Crippen LogP contribution in [0, 0.1) is 5.92 Å². The van der Waals surface area contributed by atoms with E-state index in [2.05, 4.69) is 10.2 Å². The number of carbonyl (C=O) groups excluding carboxylic acids is 1. The molecule has 2 atom stereocenters. The molecule has 26 heavy (non-hydrogen) atoms. The highest BCUT2D eigenvalue weighted by molar-refractivity contribution is 5.87. The standard InChI is InChI=1S/C18H22N4O4/c23-17(5-16-14-3-1-2-4-15(14)19-20-16)22-7-12-6-21(9-18(24)25)13(8-22)11-26-10-12/h1-4,12-13H,5-11H2,(H,19,20)(H,24,25)/t12-,13+/m1/s1. The van der Waals surface area contributed by atoms with Gasteiger partial charge >= 0.3 is 5.97 Å². The number of carboxylic acids is 1. The molecule has 8 nitrogen and oxygen atoms in total. The topological polar surface area (TPSA) is 98.8 Å². The Hall–Kier alpha value is -2.45. The molecule has 0 saturated carbocycles. The minimum absolute atomic E-state index is 0.0161. The Morgan fingerprint density at radius 2 is 2.08 bits per heavy atom. The third kappa shape index (κ3) is 3.42. The number of rotatable bonds is 4. The molecular formula is C18H22N4O4. The SMILES string of the molecule is O=C(O)CN1C[C@H]2COC[C@@H]1CN(C(=O)Cc1[nH]nc3ccccc13)C2. The van der Waals surface area contributed by atoms with Gasteiger partial charge in [0.2, 0.25) is 5.91 Å². The maximum atomic E-state index is 12.9. The molecule has 1 aromatic carbocycles. The van der Waals surface area contributed by atoms with Crippen LogP contribution in [0.1, 0.15) is 5.69 Å². The van der Waals surface area contributed by atoms with Crippen molar-refractivity contribution in [3.63, 3.8) is 0 Å². The predicted molar refractivity (Wildman–Crippen MR) is 93.7 cm³/mol. The summed E-state index contributed by atoms with van der Waals surface area (Å²) in [5.41, 5.74) is 1.67. The Labute approximate surface area is 150 Å². The van der Waals surface area contributed by atoms with Gasteiger partial charge < -0.3 is 14.7 Å². The van der Waals surface area contributed by atoms with E-state index >= 15 is 0 Å². The quantitative estimate of drug-likeness (QED) is 0.818. The lowest BCUT2D eigenvalue weighted by atomic mass is 10.1. The number of hydrogen-bond acceptors (Lipinski definition) is 5. The van der Waals surface area contributed by atoms with Crippen molar-refractivity contribution in [1.82, 2.24) is 20.0 Å². The van der Waals surface area contributed by atoms with E-state index in [1.807, 2.05) is 34.1 Å². The van der Waals surface area contributed by atoms with Crippen molar-refractivity contribution in [3.8, 4) is 0 Å². The molecule has 2 aliphatic heterocycles. The molecule has 0 spiro atoms. The van der Waals surface area contributed by atoms with Crippen molar-refractivity contribution in [2.45, 2.75) is 12.5 Å². The van der Waals surface area contributed by atoms with Crippen LogP contribution in [-0.4, -0.2) is 82.4 Å². The van der Waals surface area contributed by atoms with Crippen LogP contribution in [-0.2, 0) is 20.7 Å². The van der Waals surface area contributed by atoms with Crippen molar-refractivity contribution in [3.05, 3.63) is 30.0 Å². The second kappa shape index (κ2) is 7.05. The molecule has 2 N–H and O–H groups in total. The summed E-state index contributed by atoms with van der Waals surface area (Å²) in [6.45, 7) is 2.74. The van der Waals surface area contributed by atoms with Crippen LogP contribution in [0.15, 0.2) is 24.3 Å². The second-order valence-corrected chi connectivity index (χ2v) is 7.08. The number of fused-ring (bicyclic) bond motifs is 4. The van der Waals surface area contributed by atoms with Crippen LogP contribution < -0.4 is 0 Å². The Morgan fingerprint density at radius 3 is 2.92 bits per heavy atom. The summed E-state index contributed by atoms with van der Waals surface area (Å²) in [6, 6.07) is 7.64. The molecule has 3 heterocycles. The summed E-state index contributed by atoms with van der Waals surface area (Å²) in [5, 5.41) is 17.3. The molecule has 2 saturated heterocycles. The largest absolute Gasteiger partial charge is 0.480 e. The minimum Gasteiger partial charge on any atom is -0.480 e. The lowest BCUT2D eigenvalue weighted by Crippen LogP contribution is -2.47. The third-order valence-corrected chi connectivity index (χ3v) is 5.14. The van der Waals surface area contributed by atoms with Crippen molar-refractivity contribution in [2.24, 2.45) is 5.92 Å². The summed E-state index contributed by atoms with van der Waals surface area (Å²) in [5.74, 6) is -0.683. The molecule has 2 aliphatic rings. The van der Waals surface area contributed by atoms with Crippen molar-refractivity contribution < 1.29 is 19.4 Å². The predicted octanol–water partition coefficient (Wildman–Crippen LogP) is 0.349. The Morgan fingerprint density at radius 1 is 1.23 bits per heavy atom. The zero-order valence-corrected chi connectivity index (χ0v) is 14.4. The first kappa shape index (κ1) is 17.0. The first-order valence-corrected chi connectivity index (χ1v) is 8.83. The van der Waals surface area contributed by atoms with E-state index in [9.17, 15) is 9.59 Å². The van der Waals surface area contributed by atoms with Gasteiger partial charge in [-0.3, -0.25) is 19.6 Å². The molecule has 4 rings (SSSR count). The molecule has 0 unspecified atom stereocenters. The molecule has 2 bridgehead atoms. The van der Waals surface area contributed by atoms with Gasteiger partial charge in [0.1, 0.15) is 0 Å². The summed E-state index contributed by atoms with van der Waals surface area (Å²) in [7, 11) is 0. The number of H-pyrrole nitrogens is 1. The summed E-state index contributed by atoms with van der Waals surface area (Å²) in [6.07, 6.45) is 0.264. The molecular weight excluding hydrogens is 336 g/mol. The highest BCUT2D eigenvalue weighted by Crippen LogP contribution is 2.21. The molecule has 138 valence electrons. The number of aromatic nitrogens is 2. The lowest BCUT2D eigenvalue weighted by Gasteiger charge is -2.30. The van der Waals surface area contributed by atoms with Gasteiger partial charge in [-0.25, -0.2) is 0 Å². The Balaban J connectivity index is 1.50. The molecule has 2 aromatic rings. The normalized spacial score (nSPS) is 23.8. The van der Waals surface area contributed by atoms with Crippen LogP contribution in [0.4, 0.5) is 0 Å². The van der Waals surface area contributed by atoms with Crippen LogP contribution >= 0.6 is 0 Å². The van der Waals surface area contributed by atoms with Crippen molar-refractivity contribution >= 4 is 22.8 Å². The van der Waals surface area contributed by atoms with Gasteiger partial charge in [0.15, 0.2) is 0 Å². The number of aliphatic carboxylic acids is 1. The van der Waals surface area contributed by atoms with Gasteiger partial charge in [-0.1, -0.05) is 18.2 Å². The van der Waals surface area contributed by atoms with Gasteiger partial charge in [-0.05, 0) is 6.07 Å². The number of para-hydroxylation sites is 1. The fourth-order valence-electron chi connectivity index (χ4n) is 3.91. The smallest absolute Gasteiger partial charge is 0.317 e. The highest BCUT2D eigenvalue weighted by atomic mass is 16.5. The first-order chi connectivity index (χ1) is 12.6. The number of carboxylic acid groups (broad SMARTS) is 1. The number of amides is 1. The number of nitrogens with zero attached hydrogens (tertiary/aromatic N) is 3. The van der Waals surface area contributed by atoms with E-state index in [-0.39, 0.29) is 30.8 Å². The fraction of sp³-hybridized carbons (Fsp3) is 0.500. The van der Waals surface area contributed by atoms with E-state index in [1.165, 1.54) is 0 Å². The van der Waals surface area contributed by atoms with E-state index in [0.717, 1.165) is 16.6 Å². The van der Waals surface area contributed by atoms with Gasteiger partial charge in [-0.15, -0.1) is 0 Å². The first-order valence-electron chi connectivity index (χ1n) is 8.83.